The van der Waals surface area contributed by atoms with E-state index in [0.717, 1.165) is 33.5 Å². The average Bonchev–Trinajstić information content (AvgIpc) is 3.62. The van der Waals surface area contributed by atoms with Crippen LogP contribution in [0.15, 0.2) is 54.3 Å². The van der Waals surface area contributed by atoms with Crippen molar-refractivity contribution in [3.63, 3.8) is 0 Å². The van der Waals surface area contributed by atoms with Crippen LogP contribution in [0.25, 0.3) is 10.9 Å². The molecule has 3 rings (SSSR count). The van der Waals surface area contributed by atoms with Crippen molar-refractivity contribution in [2.45, 2.75) is 91.4 Å². The Morgan fingerprint density at radius 2 is 1.55 bits per heavy atom. The van der Waals surface area contributed by atoms with Crippen molar-refractivity contribution in [3.8, 4) is 0 Å². The van der Waals surface area contributed by atoms with Gasteiger partial charge in [0, 0.05) is 67.4 Å². The van der Waals surface area contributed by atoms with Crippen LogP contribution in [0.4, 0.5) is 0 Å². The van der Waals surface area contributed by atoms with Crippen LogP contribution in [-0.4, -0.2) is 112 Å². The number of nitrogens with one attached hydrogen (secondary N) is 4. The first-order valence-electron chi connectivity index (χ1n) is 18.3. The Hall–Kier alpha value is -5.31. The van der Waals surface area contributed by atoms with E-state index >= 15 is 0 Å². The molecule has 0 fully saturated rings. The van der Waals surface area contributed by atoms with E-state index in [-0.39, 0.29) is 36.4 Å². The molecule has 0 spiro atoms. The van der Waals surface area contributed by atoms with Crippen molar-refractivity contribution < 1.29 is 38.7 Å². The van der Waals surface area contributed by atoms with E-state index in [9.17, 15) is 38.7 Å². The van der Waals surface area contributed by atoms with Gasteiger partial charge in [0.05, 0.1) is 18.5 Å². The lowest BCUT2D eigenvalue weighted by Gasteiger charge is -2.39. The van der Waals surface area contributed by atoms with Gasteiger partial charge in [0.2, 0.25) is 23.6 Å². The molecular weight excluding hydrogens is 706 g/mol. The molecule has 300 valence electrons. The molecule has 2 heterocycles. The van der Waals surface area contributed by atoms with Gasteiger partial charge >= 0.3 is 5.97 Å². The van der Waals surface area contributed by atoms with Gasteiger partial charge in [0.15, 0.2) is 0 Å². The highest BCUT2D eigenvalue weighted by Crippen LogP contribution is 2.35. The third-order valence-corrected chi connectivity index (χ3v) is 10.1. The monoisotopic (exact) mass is 763 g/mol. The van der Waals surface area contributed by atoms with Crippen molar-refractivity contribution in [1.29, 1.82) is 0 Å². The largest absolute Gasteiger partial charge is 0.480 e. The van der Waals surface area contributed by atoms with Gasteiger partial charge in [-0.3, -0.25) is 33.7 Å². The zero-order chi connectivity index (χ0) is 41.6. The number of imide groups is 1. The third-order valence-electron chi connectivity index (χ3n) is 10.1. The smallest absolute Gasteiger partial charge is 0.326 e. The van der Waals surface area contributed by atoms with Gasteiger partial charge < -0.3 is 35.8 Å². The van der Waals surface area contributed by atoms with Crippen LogP contribution in [0.1, 0.15) is 67.4 Å². The Morgan fingerprint density at radius 1 is 0.945 bits per heavy atom. The second-order valence-corrected chi connectivity index (χ2v) is 16.0. The number of carboxylic acid groups (broad SMARTS) is 1. The fourth-order valence-corrected chi connectivity index (χ4v) is 6.83. The molecule has 0 aliphatic carbocycles. The van der Waals surface area contributed by atoms with Crippen LogP contribution in [0.3, 0.4) is 0 Å². The summed E-state index contributed by atoms with van der Waals surface area (Å²) in [4.78, 5) is 92.1. The van der Waals surface area contributed by atoms with Crippen molar-refractivity contribution in [2.24, 2.45) is 18.4 Å². The number of carbonyl (C=O) groups excluding carboxylic acids is 6. The lowest BCUT2D eigenvalue weighted by atomic mass is 9.76. The second-order valence-electron chi connectivity index (χ2n) is 16.0. The SMILES string of the molecule is CN[C@H](C(=O)NC(C(=O)N(C)[C@H](/C=C(\C)C(=O)N[C@@H](CC(=O)NCCN1C(=O)C=CC1=O)C(=O)O)C(C)C)C(C)(C)C)C(C)(C)c1cn(C)c2ccccc12. The summed E-state index contributed by atoms with van der Waals surface area (Å²) in [6.07, 6.45) is 5.22. The van der Waals surface area contributed by atoms with Gasteiger partial charge in [0.25, 0.3) is 11.8 Å². The van der Waals surface area contributed by atoms with Crippen molar-refractivity contribution in [3.05, 3.63) is 59.8 Å². The molecule has 0 radical (unpaired) electrons. The Kier molecular flexibility index (Phi) is 14.3. The summed E-state index contributed by atoms with van der Waals surface area (Å²) in [6.45, 7) is 14.6. The number of fused-ring (bicyclic) bond motifs is 1. The number of rotatable bonds is 17. The van der Waals surface area contributed by atoms with Crippen LogP contribution < -0.4 is 21.3 Å². The van der Waals surface area contributed by atoms with E-state index in [0.29, 0.717) is 0 Å². The molecule has 4 atom stereocenters. The number of hydrogen-bond acceptors (Lipinski definition) is 8. The lowest BCUT2D eigenvalue weighted by Crippen LogP contribution is -2.61. The predicted octanol–water partition coefficient (Wildman–Crippen LogP) is 2.00. The first-order valence-corrected chi connectivity index (χ1v) is 18.3. The number of amides is 6. The topological polar surface area (TPSA) is 199 Å². The zero-order valence-corrected chi connectivity index (χ0v) is 33.8. The molecule has 1 aromatic heterocycles. The predicted molar refractivity (Wildman–Crippen MR) is 208 cm³/mol. The third kappa shape index (κ3) is 10.5. The van der Waals surface area contributed by atoms with E-state index in [1.807, 2.05) is 90.5 Å². The number of carbonyl (C=O) groups is 7. The Bertz CT molecular complexity index is 1850. The number of aryl methyl sites for hydroxylation is 1. The molecule has 55 heavy (non-hydrogen) atoms. The number of nitrogens with zero attached hydrogens (tertiary/aromatic N) is 3. The molecule has 15 nitrogen and oxygen atoms in total. The highest BCUT2D eigenvalue weighted by molar-refractivity contribution is 6.12. The molecule has 1 aromatic carbocycles. The fraction of sp³-hybridized carbons (Fsp3) is 0.525. The van der Waals surface area contributed by atoms with Crippen molar-refractivity contribution >= 4 is 52.3 Å². The Balaban J connectivity index is 1.75. The maximum absolute atomic E-state index is 14.3. The molecule has 0 saturated heterocycles. The molecule has 0 saturated carbocycles. The zero-order valence-electron chi connectivity index (χ0n) is 33.8. The van der Waals surface area contributed by atoms with Crippen LogP contribution in [0, 0.1) is 11.3 Å². The summed E-state index contributed by atoms with van der Waals surface area (Å²) in [5, 5.41) is 21.9. The number of carboxylic acids is 1. The minimum Gasteiger partial charge on any atom is -0.480 e. The van der Waals surface area contributed by atoms with Gasteiger partial charge in [-0.2, -0.15) is 0 Å². The van der Waals surface area contributed by atoms with Crippen molar-refractivity contribution in [1.82, 2.24) is 35.6 Å². The quantitative estimate of drug-likeness (QED) is 0.118. The van der Waals surface area contributed by atoms with Gasteiger partial charge in [0.1, 0.15) is 12.1 Å². The maximum Gasteiger partial charge on any atom is 0.326 e. The molecule has 15 heteroatoms. The molecule has 1 aliphatic heterocycles. The summed E-state index contributed by atoms with van der Waals surface area (Å²) in [5.74, 6) is -4.85. The fourth-order valence-electron chi connectivity index (χ4n) is 6.83. The number of benzene rings is 1. The summed E-state index contributed by atoms with van der Waals surface area (Å²) in [6, 6.07) is 4.09. The minimum atomic E-state index is -1.58. The van der Waals surface area contributed by atoms with Crippen molar-refractivity contribution in [2.75, 3.05) is 27.2 Å². The second kappa shape index (κ2) is 17.9. The molecule has 6 amide bonds. The molecule has 1 aliphatic rings. The van der Waals surface area contributed by atoms with E-state index in [1.165, 1.54) is 11.8 Å². The van der Waals surface area contributed by atoms with E-state index in [2.05, 4.69) is 21.3 Å². The first kappa shape index (κ1) is 44.1. The Labute approximate surface area is 322 Å². The summed E-state index contributed by atoms with van der Waals surface area (Å²) in [7, 11) is 5.27. The van der Waals surface area contributed by atoms with Gasteiger partial charge in [-0.25, -0.2) is 4.79 Å². The summed E-state index contributed by atoms with van der Waals surface area (Å²) >= 11 is 0. The lowest BCUT2D eigenvalue weighted by molar-refractivity contribution is -0.143. The van der Waals surface area contributed by atoms with Crippen LogP contribution in [0.2, 0.25) is 0 Å². The minimum absolute atomic E-state index is 0.0932. The number of likely N-dealkylation sites (N-methyl/N-ethyl adjacent to an activating group) is 2. The highest BCUT2D eigenvalue weighted by atomic mass is 16.4. The standard InChI is InChI=1S/C40H57N7O8/c1-23(2)29(20-24(3)35(51)43-27(38(54)55)21-30(48)42-18-19-47-31(49)16-17-32(47)50)46(11)37(53)34(39(4,5)6)44-36(52)33(41-9)40(7,8)26-22-45(10)28-15-13-12-14-25(26)28/h12-17,20,22-23,27,29,33-34,41H,18-19,21H2,1-11H3,(H,42,48)(H,43,51)(H,44,52)(H,54,55)/b24-20+/t27-,29+,33+,34?/m0/s1. The highest BCUT2D eigenvalue weighted by Gasteiger charge is 2.42. The summed E-state index contributed by atoms with van der Waals surface area (Å²) < 4.78 is 2.03. The van der Waals surface area contributed by atoms with E-state index < -0.39 is 71.0 Å². The molecule has 1 unspecified atom stereocenters. The maximum atomic E-state index is 14.3. The Morgan fingerprint density at radius 3 is 2.09 bits per heavy atom. The molecular formula is C40H57N7O8. The number of aromatic nitrogens is 1. The normalized spacial score (nSPS) is 15.9. The van der Waals surface area contributed by atoms with E-state index in [1.54, 1.807) is 20.2 Å². The number of aliphatic carboxylic acids is 1. The summed E-state index contributed by atoms with van der Waals surface area (Å²) in [5.41, 5.74) is 0.724. The molecule has 2 aromatic rings. The number of para-hydroxylation sites is 1. The first-order chi connectivity index (χ1) is 25.5. The van der Waals surface area contributed by atoms with Crippen LogP contribution in [0.5, 0.6) is 0 Å². The number of hydrogen-bond donors (Lipinski definition) is 5. The van der Waals surface area contributed by atoms with Gasteiger partial charge in [-0.15, -0.1) is 0 Å². The molecule has 5 N–H and O–H groups in total. The molecule has 0 bridgehead atoms. The van der Waals surface area contributed by atoms with Crippen LogP contribution >= 0.6 is 0 Å². The van der Waals surface area contributed by atoms with Gasteiger partial charge in [-0.1, -0.05) is 72.7 Å². The average molecular weight is 764 g/mol. The van der Waals surface area contributed by atoms with Crippen LogP contribution in [-0.2, 0) is 46.0 Å². The van der Waals surface area contributed by atoms with E-state index in [4.69, 9.17) is 0 Å². The van der Waals surface area contributed by atoms with Gasteiger partial charge in [-0.05, 0) is 36.9 Å².